The molecule has 5 aromatic rings. The number of nitrogens with one attached hydrogen (secondary N) is 2. The van der Waals surface area contributed by atoms with Crippen molar-refractivity contribution in [3.8, 4) is 0 Å². The summed E-state index contributed by atoms with van der Waals surface area (Å²) in [5, 5.41) is 11.2. The summed E-state index contributed by atoms with van der Waals surface area (Å²) in [7, 11) is 0. The Morgan fingerprint density at radius 3 is 2.68 bits per heavy atom. The van der Waals surface area contributed by atoms with Gasteiger partial charge in [0.2, 0.25) is 5.95 Å². The number of ether oxygens (including phenoxy) is 1. The fraction of sp³-hybridized carbons (Fsp3) is 0.217. The molecular weight excluding hydrogens is 460 g/mol. The van der Waals surface area contributed by atoms with Gasteiger partial charge in [0, 0.05) is 25.1 Å². The van der Waals surface area contributed by atoms with Crippen LogP contribution in [0.1, 0.15) is 18.9 Å². The van der Waals surface area contributed by atoms with Crippen LogP contribution in [0.2, 0.25) is 0 Å². The van der Waals surface area contributed by atoms with Crippen molar-refractivity contribution in [3.05, 3.63) is 59.7 Å². The maximum Gasteiger partial charge on any atom is 0.229 e. The first-order chi connectivity index (χ1) is 16.7. The van der Waals surface area contributed by atoms with E-state index in [0.717, 1.165) is 28.7 Å². The van der Waals surface area contributed by atoms with Crippen LogP contribution in [-0.4, -0.2) is 37.9 Å². The maximum atomic E-state index is 14.3. The summed E-state index contributed by atoms with van der Waals surface area (Å²) in [6.45, 7) is 1.22. The monoisotopic (exact) mass is 479 g/mol. The number of nitrogens with zero attached hydrogens (tertiary/aromatic N) is 5. The maximum absolute atomic E-state index is 14.3. The summed E-state index contributed by atoms with van der Waals surface area (Å²) in [5.41, 5.74) is 3.80. The highest BCUT2D eigenvalue weighted by molar-refractivity contribution is 7.16. The van der Waals surface area contributed by atoms with Crippen molar-refractivity contribution in [2.24, 2.45) is 0 Å². The predicted octanol–water partition coefficient (Wildman–Crippen LogP) is 5.55. The van der Waals surface area contributed by atoms with Crippen LogP contribution in [-0.2, 0) is 4.74 Å². The Morgan fingerprint density at radius 2 is 1.85 bits per heavy atom. The quantitative estimate of drug-likeness (QED) is 0.341. The van der Waals surface area contributed by atoms with Gasteiger partial charge >= 0.3 is 0 Å². The van der Waals surface area contributed by atoms with E-state index >= 15 is 0 Å². The van der Waals surface area contributed by atoms with Gasteiger partial charge in [-0.3, -0.25) is 0 Å². The van der Waals surface area contributed by atoms with Crippen molar-refractivity contribution >= 4 is 55.7 Å². The summed E-state index contributed by atoms with van der Waals surface area (Å²) < 4.78 is 37.0. The average molecular weight is 480 g/mol. The van der Waals surface area contributed by atoms with Crippen LogP contribution in [0.3, 0.4) is 0 Å². The largest absolute Gasteiger partial charge is 0.381 e. The van der Waals surface area contributed by atoms with Crippen LogP contribution in [0.25, 0.3) is 21.3 Å². The predicted molar refractivity (Wildman–Crippen MR) is 127 cm³/mol. The molecule has 0 spiro atoms. The van der Waals surface area contributed by atoms with E-state index in [1.807, 2.05) is 18.2 Å². The lowest BCUT2D eigenvalue weighted by atomic mass is 10.1. The van der Waals surface area contributed by atoms with Gasteiger partial charge in [-0.2, -0.15) is 10.1 Å². The van der Waals surface area contributed by atoms with Gasteiger partial charge in [-0.1, -0.05) is 6.07 Å². The number of thiazole rings is 1. The smallest absolute Gasteiger partial charge is 0.229 e. The van der Waals surface area contributed by atoms with Crippen molar-refractivity contribution in [1.82, 2.24) is 24.7 Å². The highest BCUT2D eigenvalue weighted by Crippen LogP contribution is 2.32. The van der Waals surface area contributed by atoms with Gasteiger partial charge in [-0.25, -0.2) is 23.4 Å². The average Bonchev–Trinajstić information content (AvgIpc) is 3.46. The first-order valence-corrected chi connectivity index (χ1v) is 11.7. The number of para-hydroxylation sites is 1. The van der Waals surface area contributed by atoms with E-state index < -0.39 is 11.6 Å². The summed E-state index contributed by atoms with van der Waals surface area (Å²) in [6, 6.07) is 9.62. The Bertz CT molecular complexity index is 1480. The highest BCUT2D eigenvalue weighted by atomic mass is 32.1. The molecular formula is C23H19F2N7OS. The van der Waals surface area contributed by atoms with Crippen molar-refractivity contribution in [2.75, 3.05) is 23.8 Å². The lowest BCUT2D eigenvalue weighted by Gasteiger charge is -2.22. The van der Waals surface area contributed by atoms with E-state index in [4.69, 9.17) is 9.72 Å². The number of rotatable bonds is 5. The summed E-state index contributed by atoms with van der Waals surface area (Å²) in [5.74, 6) is -0.726. The first-order valence-electron chi connectivity index (χ1n) is 10.8. The number of anilines is 4. The van der Waals surface area contributed by atoms with Gasteiger partial charge in [-0.15, -0.1) is 11.3 Å². The van der Waals surface area contributed by atoms with Crippen molar-refractivity contribution in [1.29, 1.82) is 0 Å². The molecule has 1 aliphatic heterocycles. The highest BCUT2D eigenvalue weighted by Gasteiger charge is 2.23. The van der Waals surface area contributed by atoms with Crippen LogP contribution >= 0.6 is 11.3 Å². The van der Waals surface area contributed by atoms with Crippen molar-refractivity contribution in [2.45, 2.75) is 18.9 Å². The van der Waals surface area contributed by atoms with Crippen molar-refractivity contribution in [3.63, 3.8) is 0 Å². The molecule has 0 atom stereocenters. The molecule has 2 aromatic carbocycles. The van der Waals surface area contributed by atoms with Gasteiger partial charge in [-0.05, 0) is 43.2 Å². The molecule has 3 aromatic heterocycles. The molecule has 1 fully saturated rings. The zero-order valence-electron chi connectivity index (χ0n) is 17.8. The van der Waals surface area contributed by atoms with Crippen LogP contribution < -0.4 is 10.6 Å². The molecule has 1 saturated heterocycles. The van der Waals surface area contributed by atoms with Crippen LogP contribution in [0.5, 0.6) is 0 Å². The Hall–Kier alpha value is -3.70. The second-order valence-corrected chi connectivity index (χ2v) is 8.84. The van der Waals surface area contributed by atoms with Crippen LogP contribution in [0, 0.1) is 11.6 Å². The van der Waals surface area contributed by atoms with Gasteiger partial charge in [0.1, 0.15) is 17.3 Å². The molecule has 11 heteroatoms. The normalized spacial score (nSPS) is 14.6. The second-order valence-electron chi connectivity index (χ2n) is 7.95. The number of benzene rings is 2. The molecule has 172 valence electrons. The molecule has 34 heavy (non-hydrogen) atoms. The second kappa shape index (κ2) is 8.58. The van der Waals surface area contributed by atoms with E-state index in [-0.39, 0.29) is 11.7 Å². The van der Waals surface area contributed by atoms with E-state index in [9.17, 15) is 8.78 Å². The molecule has 0 radical (unpaired) electrons. The van der Waals surface area contributed by atoms with Crippen LogP contribution in [0.15, 0.2) is 48.1 Å². The fourth-order valence-electron chi connectivity index (χ4n) is 4.06. The third kappa shape index (κ3) is 3.82. The Labute approximate surface area is 196 Å². The fourth-order valence-corrected chi connectivity index (χ4v) is 4.72. The number of halogens is 2. The number of fused-ring (bicyclic) bond motifs is 2. The lowest BCUT2D eigenvalue weighted by Crippen LogP contribution is -2.21. The summed E-state index contributed by atoms with van der Waals surface area (Å²) in [6.07, 6.45) is 3.13. The van der Waals surface area contributed by atoms with E-state index in [2.05, 4.69) is 25.7 Å². The van der Waals surface area contributed by atoms with Crippen molar-refractivity contribution < 1.29 is 13.5 Å². The molecule has 0 aliphatic carbocycles. The minimum Gasteiger partial charge on any atom is -0.381 e. The third-order valence-corrected chi connectivity index (χ3v) is 6.59. The van der Waals surface area contributed by atoms with Gasteiger partial charge in [0.25, 0.3) is 0 Å². The van der Waals surface area contributed by atoms with E-state index in [0.29, 0.717) is 36.0 Å². The zero-order chi connectivity index (χ0) is 23.1. The Morgan fingerprint density at radius 1 is 1.03 bits per heavy atom. The van der Waals surface area contributed by atoms with Gasteiger partial charge in [0.05, 0.1) is 27.2 Å². The molecule has 0 bridgehead atoms. The standard InChI is InChI=1S/C23H19F2N7OS/c24-16-2-1-3-17(25)20(16)29-21-15-11-26-23(28-13-4-5-19-18(10-13)27-12-34-19)30-22(15)32(31-21)14-6-8-33-9-7-14/h1-5,10-12,14H,6-9H2,(H,29,31)(H,26,28,30). The van der Waals surface area contributed by atoms with E-state index in [1.165, 1.54) is 18.2 Å². The Kier molecular flexibility index (Phi) is 5.27. The number of aromatic nitrogens is 5. The Balaban J connectivity index is 1.41. The molecule has 2 N–H and O–H groups in total. The van der Waals surface area contributed by atoms with Crippen LogP contribution in [0.4, 0.5) is 31.9 Å². The third-order valence-electron chi connectivity index (χ3n) is 5.78. The summed E-state index contributed by atoms with van der Waals surface area (Å²) in [4.78, 5) is 13.5. The van der Waals surface area contributed by atoms with Gasteiger partial charge < -0.3 is 15.4 Å². The molecule has 0 amide bonds. The first kappa shape index (κ1) is 20.9. The minimum atomic E-state index is -0.703. The minimum absolute atomic E-state index is 0.0476. The lowest BCUT2D eigenvalue weighted by molar-refractivity contribution is 0.0674. The molecule has 4 heterocycles. The van der Waals surface area contributed by atoms with E-state index in [1.54, 1.807) is 27.7 Å². The molecule has 0 saturated carbocycles. The van der Waals surface area contributed by atoms with Gasteiger partial charge in [0.15, 0.2) is 11.5 Å². The zero-order valence-corrected chi connectivity index (χ0v) is 18.6. The molecule has 6 rings (SSSR count). The number of hydrogen-bond acceptors (Lipinski definition) is 8. The topological polar surface area (TPSA) is 89.8 Å². The summed E-state index contributed by atoms with van der Waals surface area (Å²) >= 11 is 1.58. The SMILES string of the molecule is Fc1cccc(F)c1Nc1nn(C2CCOCC2)c2nc(Nc3ccc4scnc4c3)ncc12. The molecule has 0 unspecified atom stereocenters. The number of hydrogen-bond donors (Lipinski definition) is 2. The molecule has 1 aliphatic rings. The molecule has 8 nitrogen and oxygen atoms in total.